The van der Waals surface area contributed by atoms with E-state index in [-0.39, 0.29) is 0 Å². The smallest absolute Gasteiger partial charge is 0.320 e. The fourth-order valence-corrected chi connectivity index (χ4v) is 3.54. The number of rotatable bonds is 9. The van der Waals surface area contributed by atoms with Crippen LogP contribution in [0.25, 0.3) is 10.9 Å². The van der Waals surface area contributed by atoms with E-state index in [9.17, 15) is 14.4 Å². The fourth-order valence-electron chi connectivity index (χ4n) is 3.54. The van der Waals surface area contributed by atoms with Crippen LogP contribution in [-0.4, -0.2) is 56.3 Å². The third kappa shape index (κ3) is 10.8. The second-order valence-corrected chi connectivity index (χ2v) is 8.78. The molecule has 0 saturated heterocycles. The number of H-pyrrole nitrogens is 1. The van der Waals surface area contributed by atoms with Gasteiger partial charge in [-0.2, -0.15) is 0 Å². The number of nitrogens with one attached hydrogen (secondary N) is 1. The van der Waals surface area contributed by atoms with Gasteiger partial charge in [-0.05, 0) is 35.6 Å². The SMILES string of the molecule is N[C@@H](Cc1c[nH]c2ccccc12)C(=O)O.N[C@@H](Cc1ccccc1)C(=O)O.N[C@@H](Cc1ccccc1)C(=O)O. The van der Waals surface area contributed by atoms with E-state index in [1.54, 1.807) is 0 Å². The summed E-state index contributed by atoms with van der Waals surface area (Å²) in [6.07, 6.45) is 2.93. The van der Waals surface area contributed by atoms with Crippen molar-refractivity contribution < 1.29 is 29.7 Å². The summed E-state index contributed by atoms with van der Waals surface area (Å²) in [6.45, 7) is 0. The average Bonchev–Trinajstić information content (AvgIpc) is 3.33. The third-order valence-electron chi connectivity index (χ3n) is 5.66. The molecule has 4 aromatic rings. The van der Waals surface area contributed by atoms with Crippen LogP contribution in [0, 0.1) is 0 Å². The molecule has 0 radical (unpaired) electrons. The highest BCUT2D eigenvalue weighted by Gasteiger charge is 2.14. The molecule has 10 N–H and O–H groups in total. The van der Waals surface area contributed by atoms with Crippen LogP contribution in [0.5, 0.6) is 0 Å². The van der Waals surface area contributed by atoms with Gasteiger partial charge in [0.1, 0.15) is 18.1 Å². The van der Waals surface area contributed by atoms with Crippen LogP contribution in [0.4, 0.5) is 0 Å². The molecule has 1 heterocycles. The Morgan fingerprint density at radius 2 is 0.974 bits per heavy atom. The van der Waals surface area contributed by atoms with Gasteiger partial charge in [0.15, 0.2) is 0 Å². The first-order valence-electron chi connectivity index (χ1n) is 12.2. The number of fused-ring (bicyclic) bond motifs is 1. The second kappa shape index (κ2) is 15.7. The summed E-state index contributed by atoms with van der Waals surface area (Å²) in [5.41, 5.74) is 20.0. The number of carboxylic acids is 3. The van der Waals surface area contributed by atoms with Crippen LogP contribution in [0.1, 0.15) is 16.7 Å². The Morgan fingerprint density at radius 3 is 1.41 bits per heavy atom. The summed E-state index contributed by atoms with van der Waals surface area (Å²) < 4.78 is 0. The molecule has 0 spiro atoms. The predicted molar refractivity (Wildman–Crippen MR) is 149 cm³/mol. The zero-order valence-corrected chi connectivity index (χ0v) is 21.3. The lowest BCUT2D eigenvalue weighted by atomic mass is 10.1. The second-order valence-electron chi connectivity index (χ2n) is 8.78. The first kappa shape index (κ1) is 30.7. The quantitative estimate of drug-likeness (QED) is 0.168. The van der Waals surface area contributed by atoms with E-state index in [0.717, 1.165) is 27.6 Å². The molecule has 10 heteroatoms. The maximum atomic E-state index is 10.6. The number of aromatic amines is 1. The first-order valence-corrected chi connectivity index (χ1v) is 12.2. The number of nitrogens with two attached hydrogens (primary N) is 3. The molecular formula is C29H34N4O6. The molecule has 39 heavy (non-hydrogen) atoms. The molecule has 3 aromatic carbocycles. The minimum absolute atomic E-state index is 0.347. The zero-order valence-electron chi connectivity index (χ0n) is 21.3. The summed E-state index contributed by atoms with van der Waals surface area (Å²) in [4.78, 5) is 34.5. The van der Waals surface area contributed by atoms with Crippen LogP contribution in [-0.2, 0) is 33.6 Å². The maximum Gasteiger partial charge on any atom is 0.320 e. The Labute approximate surface area is 226 Å². The first-order chi connectivity index (χ1) is 18.6. The molecule has 0 unspecified atom stereocenters. The minimum Gasteiger partial charge on any atom is -0.480 e. The van der Waals surface area contributed by atoms with Crippen LogP contribution in [0.15, 0.2) is 91.1 Å². The molecule has 0 aliphatic heterocycles. The lowest BCUT2D eigenvalue weighted by Crippen LogP contribution is -2.32. The summed E-state index contributed by atoms with van der Waals surface area (Å²) >= 11 is 0. The Kier molecular flexibility index (Phi) is 12.3. The van der Waals surface area contributed by atoms with Crippen molar-refractivity contribution in [3.63, 3.8) is 0 Å². The molecule has 3 atom stereocenters. The lowest BCUT2D eigenvalue weighted by Gasteiger charge is -2.04. The monoisotopic (exact) mass is 534 g/mol. The van der Waals surface area contributed by atoms with E-state index in [1.807, 2.05) is 91.1 Å². The fraction of sp³-hybridized carbons (Fsp3) is 0.207. The van der Waals surface area contributed by atoms with Crippen molar-refractivity contribution >= 4 is 28.8 Å². The molecule has 206 valence electrons. The van der Waals surface area contributed by atoms with E-state index in [2.05, 4.69) is 4.98 Å². The van der Waals surface area contributed by atoms with Gasteiger partial charge in [-0.1, -0.05) is 78.9 Å². The highest BCUT2D eigenvalue weighted by molar-refractivity contribution is 5.84. The molecule has 0 bridgehead atoms. The van der Waals surface area contributed by atoms with E-state index in [1.165, 1.54) is 0 Å². The highest BCUT2D eigenvalue weighted by Crippen LogP contribution is 2.18. The van der Waals surface area contributed by atoms with Crippen molar-refractivity contribution in [1.82, 2.24) is 4.98 Å². The largest absolute Gasteiger partial charge is 0.480 e. The standard InChI is InChI=1S/C11H12N2O2.2C9H11NO2/c12-9(11(14)15)5-7-6-13-10-4-2-1-3-8(7)10;2*10-8(9(11)12)6-7-4-2-1-3-5-7/h1-4,6,9,13H,5,12H2,(H,14,15);2*1-5,8H,6,10H2,(H,11,12)/t9-;2*8-/m000/s1. The van der Waals surface area contributed by atoms with E-state index < -0.39 is 36.0 Å². The number of aromatic nitrogens is 1. The Bertz CT molecular complexity index is 1270. The van der Waals surface area contributed by atoms with Gasteiger partial charge in [-0.25, -0.2) is 0 Å². The number of hydrogen-bond donors (Lipinski definition) is 7. The molecule has 0 amide bonds. The molecule has 0 aliphatic carbocycles. The summed E-state index contributed by atoms with van der Waals surface area (Å²) in [7, 11) is 0. The molecule has 0 aliphatic rings. The van der Waals surface area contributed by atoms with Gasteiger partial charge < -0.3 is 37.5 Å². The van der Waals surface area contributed by atoms with Gasteiger partial charge in [-0.15, -0.1) is 0 Å². The van der Waals surface area contributed by atoms with Gasteiger partial charge in [-0.3, -0.25) is 14.4 Å². The molecule has 0 fully saturated rings. The van der Waals surface area contributed by atoms with Crippen molar-refractivity contribution in [1.29, 1.82) is 0 Å². The Morgan fingerprint density at radius 1 is 0.590 bits per heavy atom. The number of carboxylic acid groups (broad SMARTS) is 3. The zero-order chi connectivity index (χ0) is 28.8. The van der Waals surface area contributed by atoms with E-state index in [0.29, 0.717) is 19.3 Å². The molecule has 1 aromatic heterocycles. The number of aliphatic carboxylic acids is 3. The normalized spacial score (nSPS) is 12.6. The van der Waals surface area contributed by atoms with E-state index >= 15 is 0 Å². The summed E-state index contributed by atoms with van der Waals surface area (Å²) in [5.74, 6) is -2.89. The van der Waals surface area contributed by atoms with E-state index in [4.69, 9.17) is 32.5 Å². The van der Waals surface area contributed by atoms with Gasteiger partial charge in [0, 0.05) is 23.5 Å². The van der Waals surface area contributed by atoms with Crippen molar-refractivity contribution in [2.45, 2.75) is 37.4 Å². The molecule has 10 nitrogen and oxygen atoms in total. The Hall–Kier alpha value is -4.51. The van der Waals surface area contributed by atoms with Crippen molar-refractivity contribution in [3.05, 3.63) is 108 Å². The summed E-state index contributed by atoms with van der Waals surface area (Å²) in [5, 5.41) is 26.8. The lowest BCUT2D eigenvalue weighted by molar-refractivity contribution is -0.139. The average molecular weight is 535 g/mol. The molecule has 4 rings (SSSR count). The van der Waals surface area contributed by atoms with Crippen molar-refractivity contribution in [2.24, 2.45) is 17.2 Å². The van der Waals surface area contributed by atoms with Crippen LogP contribution in [0.3, 0.4) is 0 Å². The Balaban J connectivity index is 0.000000207. The molecular weight excluding hydrogens is 500 g/mol. The van der Waals surface area contributed by atoms with Crippen LogP contribution in [0.2, 0.25) is 0 Å². The number of para-hydroxylation sites is 1. The number of benzene rings is 3. The van der Waals surface area contributed by atoms with Crippen molar-refractivity contribution in [3.8, 4) is 0 Å². The van der Waals surface area contributed by atoms with Gasteiger partial charge in [0.05, 0.1) is 0 Å². The third-order valence-corrected chi connectivity index (χ3v) is 5.66. The van der Waals surface area contributed by atoms with Crippen LogP contribution < -0.4 is 17.2 Å². The van der Waals surface area contributed by atoms with Gasteiger partial charge >= 0.3 is 17.9 Å². The maximum absolute atomic E-state index is 10.6. The molecule has 0 saturated carbocycles. The summed E-state index contributed by atoms with van der Waals surface area (Å²) in [6, 6.07) is 24.0. The number of hydrogen-bond acceptors (Lipinski definition) is 6. The predicted octanol–water partition coefficient (Wildman–Crippen LogP) is 2.40. The minimum atomic E-state index is -0.972. The highest BCUT2D eigenvalue weighted by atomic mass is 16.4. The van der Waals surface area contributed by atoms with Crippen molar-refractivity contribution in [2.75, 3.05) is 0 Å². The van der Waals surface area contributed by atoms with Gasteiger partial charge in [0.2, 0.25) is 0 Å². The van der Waals surface area contributed by atoms with Crippen LogP contribution >= 0.6 is 0 Å². The topological polar surface area (TPSA) is 206 Å². The van der Waals surface area contributed by atoms with Gasteiger partial charge in [0.25, 0.3) is 0 Å². The number of carbonyl (C=O) groups is 3.